The van der Waals surface area contributed by atoms with Crippen LogP contribution >= 0.6 is 24.8 Å². The van der Waals surface area contributed by atoms with E-state index in [9.17, 15) is 0 Å². The van der Waals surface area contributed by atoms with Gasteiger partial charge in [-0.15, -0.1) is 24.8 Å². The minimum Gasteiger partial charge on any atom is -0.330 e. The van der Waals surface area contributed by atoms with Gasteiger partial charge in [0.2, 0.25) is 0 Å². The lowest BCUT2D eigenvalue weighted by Gasteiger charge is -2.24. The zero-order valence-corrected chi connectivity index (χ0v) is 8.29. The molecule has 0 unspecified atom stereocenters. The molecule has 4 N–H and O–H groups in total. The third-order valence-corrected chi connectivity index (χ3v) is 2.22. The second-order valence-corrected chi connectivity index (χ2v) is 3.02. The van der Waals surface area contributed by atoms with Crippen molar-refractivity contribution in [2.24, 2.45) is 17.4 Å². The summed E-state index contributed by atoms with van der Waals surface area (Å²) in [7, 11) is 0. The average Bonchev–Trinajstić information content (AvgIpc) is 1.90. The second kappa shape index (κ2) is 7.17. The average molecular weight is 201 g/mol. The van der Waals surface area contributed by atoms with E-state index in [1.807, 2.05) is 0 Å². The van der Waals surface area contributed by atoms with Crippen LogP contribution in [0.3, 0.4) is 0 Å². The van der Waals surface area contributed by atoms with E-state index in [0.29, 0.717) is 6.04 Å². The smallest absolute Gasteiger partial charge is 0.00390 e. The lowest BCUT2D eigenvalue weighted by atomic mass is 9.87. The van der Waals surface area contributed by atoms with Crippen molar-refractivity contribution in [2.45, 2.75) is 31.7 Å². The molecule has 1 aliphatic rings. The molecular formula is C7H18Cl2N2. The highest BCUT2D eigenvalue weighted by molar-refractivity contribution is 5.85. The summed E-state index contributed by atoms with van der Waals surface area (Å²) in [6.07, 6.45) is 4.86. The maximum atomic E-state index is 5.71. The largest absolute Gasteiger partial charge is 0.330 e. The van der Waals surface area contributed by atoms with Crippen LogP contribution in [0.2, 0.25) is 0 Å². The first-order valence-corrected chi connectivity index (χ1v) is 3.78. The number of hydrogen-bond donors (Lipinski definition) is 2. The van der Waals surface area contributed by atoms with Gasteiger partial charge in [0.1, 0.15) is 0 Å². The van der Waals surface area contributed by atoms with Crippen LogP contribution in [0.15, 0.2) is 0 Å². The molecule has 11 heavy (non-hydrogen) atoms. The van der Waals surface area contributed by atoms with E-state index in [0.717, 1.165) is 12.5 Å². The number of nitrogens with two attached hydrogens (primary N) is 2. The van der Waals surface area contributed by atoms with E-state index >= 15 is 0 Å². The molecule has 0 radical (unpaired) electrons. The maximum absolute atomic E-state index is 5.71. The Kier molecular flexibility index (Phi) is 9.15. The van der Waals surface area contributed by atoms with Crippen molar-refractivity contribution in [3.8, 4) is 0 Å². The summed E-state index contributed by atoms with van der Waals surface area (Å²) >= 11 is 0. The molecule has 1 saturated carbocycles. The molecule has 1 aliphatic carbocycles. The molecule has 0 aromatic carbocycles. The number of halogens is 2. The molecule has 0 spiro atoms. The summed E-state index contributed by atoms with van der Waals surface area (Å²) in [5, 5.41) is 0. The highest BCUT2D eigenvalue weighted by Crippen LogP contribution is 2.21. The summed E-state index contributed by atoms with van der Waals surface area (Å²) in [4.78, 5) is 0. The van der Waals surface area contributed by atoms with Crippen molar-refractivity contribution in [3.05, 3.63) is 0 Å². The van der Waals surface area contributed by atoms with Gasteiger partial charge in [0.05, 0.1) is 0 Å². The summed E-state index contributed by atoms with van der Waals surface area (Å²) in [5.74, 6) is 0.768. The van der Waals surface area contributed by atoms with Crippen LogP contribution in [-0.2, 0) is 0 Å². The first kappa shape index (κ1) is 14.0. The topological polar surface area (TPSA) is 52.0 Å². The van der Waals surface area contributed by atoms with Crippen molar-refractivity contribution in [2.75, 3.05) is 6.54 Å². The first-order chi connectivity index (χ1) is 4.33. The zero-order valence-electron chi connectivity index (χ0n) is 6.66. The Labute approximate surface area is 80.9 Å². The van der Waals surface area contributed by atoms with Crippen LogP contribution in [0.4, 0.5) is 0 Å². The van der Waals surface area contributed by atoms with Crippen molar-refractivity contribution in [1.29, 1.82) is 0 Å². The quantitative estimate of drug-likeness (QED) is 0.671. The van der Waals surface area contributed by atoms with Gasteiger partial charge in [0.25, 0.3) is 0 Å². The lowest BCUT2D eigenvalue weighted by Crippen LogP contribution is -2.29. The monoisotopic (exact) mass is 200 g/mol. The molecule has 0 heterocycles. The minimum atomic E-state index is 0. The summed E-state index contributed by atoms with van der Waals surface area (Å²) in [6, 6.07) is 0.466. The summed E-state index contributed by atoms with van der Waals surface area (Å²) in [6.45, 7) is 0.854. The molecule has 2 nitrogen and oxygen atoms in total. The zero-order chi connectivity index (χ0) is 6.69. The highest BCUT2D eigenvalue weighted by Gasteiger charge is 2.16. The molecule has 0 aromatic heterocycles. The van der Waals surface area contributed by atoms with E-state index in [1.165, 1.54) is 25.7 Å². The Hall–Kier alpha value is 0.500. The normalized spacial score (nSPS) is 30.0. The van der Waals surface area contributed by atoms with Gasteiger partial charge in [-0.1, -0.05) is 0 Å². The number of hydrogen-bond acceptors (Lipinski definition) is 2. The van der Waals surface area contributed by atoms with Crippen molar-refractivity contribution >= 4 is 24.8 Å². The molecule has 0 saturated heterocycles. The molecule has 1 rings (SSSR count). The fourth-order valence-corrected chi connectivity index (χ4v) is 1.42. The molecule has 0 atom stereocenters. The Morgan fingerprint density at radius 2 is 1.45 bits per heavy atom. The van der Waals surface area contributed by atoms with E-state index in [-0.39, 0.29) is 24.8 Å². The van der Waals surface area contributed by atoms with Crippen LogP contribution < -0.4 is 11.5 Å². The van der Waals surface area contributed by atoms with Crippen LogP contribution in [0.25, 0.3) is 0 Å². The van der Waals surface area contributed by atoms with Gasteiger partial charge in [-0.25, -0.2) is 0 Å². The van der Waals surface area contributed by atoms with Crippen molar-refractivity contribution in [1.82, 2.24) is 0 Å². The molecular weight excluding hydrogens is 183 g/mol. The van der Waals surface area contributed by atoms with E-state index in [2.05, 4.69) is 0 Å². The highest BCUT2D eigenvalue weighted by atomic mass is 35.5. The Bertz CT molecular complexity index is 82.5. The van der Waals surface area contributed by atoms with Crippen molar-refractivity contribution in [3.63, 3.8) is 0 Å². The molecule has 0 aromatic rings. The molecule has 0 bridgehead atoms. The van der Waals surface area contributed by atoms with Gasteiger partial charge in [0, 0.05) is 6.04 Å². The standard InChI is InChI=1S/C7H16N2.2ClH/c8-5-6-1-3-7(9)4-2-6;;/h6-7H,1-5,8-9H2;2*1H. The minimum absolute atomic E-state index is 0. The van der Waals surface area contributed by atoms with Crippen LogP contribution in [0.5, 0.6) is 0 Å². The Balaban J connectivity index is 0. The van der Waals surface area contributed by atoms with Gasteiger partial charge in [-0.3, -0.25) is 0 Å². The van der Waals surface area contributed by atoms with Gasteiger partial charge in [-0.05, 0) is 38.1 Å². The molecule has 0 aliphatic heterocycles. The predicted molar refractivity (Wildman–Crippen MR) is 53.5 cm³/mol. The summed E-state index contributed by atoms with van der Waals surface area (Å²) < 4.78 is 0. The molecule has 0 amide bonds. The Morgan fingerprint density at radius 1 is 1.00 bits per heavy atom. The van der Waals surface area contributed by atoms with Gasteiger partial charge in [0.15, 0.2) is 0 Å². The van der Waals surface area contributed by atoms with E-state index in [1.54, 1.807) is 0 Å². The summed E-state index contributed by atoms with van der Waals surface area (Å²) in [5.41, 5.74) is 11.2. The lowest BCUT2D eigenvalue weighted by molar-refractivity contribution is 0.333. The molecule has 4 heteroatoms. The molecule has 1 fully saturated rings. The van der Waals surface area contributed by atoms with Gasteiger partial charge in [-0.2, -0.15) is 0 Å². The maximum Gasteiger partial charge on any atom is 0.00390 e. The fourth-order valence-electron chi connectivity index (χ4n) is 1.42. The third-order valence-electron chi connectivity index (χ3n) is 2.22. The predicted octanol–water partition coefficient (Wildman–Crippen LogP) is 1.31. The second-order valence-electron chi connectivity index (χ2n) is 3.02. The fraction of sp³-hybridized carbons (Fsp3) is 1.00. The van der Waals surface area contributed by atoms with Gasteiger partial charge >= 0.3 is 0 Å². The Morgan fingerprint density at radius 3 is 1.82 bits per heavy atom. The van der Waals surface area contributed by atoms with Gasteiger partial charge < -0.3 is 11.5 Å². The first-order valence-electron chi connectivity index (χ1n) is 3.78. The SMILES string of the molecule is Cl.Cl.NCC1CCC(N)CC1. The molecule has 70 valence electrons. The van der Waals surface area contributed by atoms with Crippen LogP contribution in [0.1, 0.15) is 25.7 Å². The van der Waals surface area contributed by atoms with E-state index < -0.39 is 0 Å². The third kappa shape index (κ3) is 4.86. The van der Waals surface area contributed by atoms with Crippen molar-refractivity contribution < 1.29 is 0 Å². The van der Waals surface area contributed by atoms with E-state index in [4.69, 9.17) is 11.5 Å². The number of rotatable bonds is 1. The van der Waals surface area contributed by atoms with Crippen LogP contribution in [-0.4, -0.2) is 12.6 Å². The van der Waals surface area contributed by atoms with Crippen LogP contribution in [0, 0.1) is 5.92 Å².